The highest BCUT2D eigenvalue weighted by Crippen LogP contribution is 2.59. The van der Waals surface area contributed by atoms with Crippen molar-refractivity contribution in [2.75, 3.05) is 5.88 Å². The third-order valence-corrected chi connectivity index (χ3v) is 14.0. The monoisotopic (exact) mass is 470 g/mol. The fourth-order valence-corrected chi connectivity index (χ4v) is 8.58. The highest BCUT2D eigenvalue weighted by Gasteiger charge is 2.60. The molecule has 0 aromatic carbocycles. The van der Waals surface area contributed by atoms with Crippen molar-refractivity contribution in [3.05, 3.63) is 11.3 Å². The summed E-state index contributed by atoms with van der Waals surface area (Å²) < 4.78 is 13.7. The van der Waals surface area contributed by atoms with E-state index in [-0.39, 0.29) is 23.0 Å². The van der Waals surface area contributed by atoms with Crippen molar-refractivity contribution in [3.63, 3.8) is 0 Å². The fourth-order valence-electron chi connectivity index (χ4n) is 5.70. The van der Waals surface area contributed by atoms with E-state index < -0.39 is 22.0 Å². The van der Waals surface area contributed by atoms with E-state index in [1.807, 2.05) is 0 Å². The van der Waals surface area contributed by atoms with Crippen LogP contribution in [0.1, 0.15) is 65.7 Å². The summed E-state index contributed by atoms with van der Waals surface area (Å²) in [6.07, 6.45) is 6.88. The summed E-state index contributed by atoms with van der Waals surface area (Å²) in [5, 5.41) is 0.149. The average molecular weight is 471 g/mol. The molecule has 4 atom stereocenters. The van der Waals surface area contributed by atoms with Gasteiger partial charge >= 0.3 is 0 Å². The first-order valence-corrected chi connectivity index (χ1v) is 18.8. The van der Waals surface area contributed by atoms with Crippen molar-refractivity contribution >= 4 is 34.0 Å². The molecule has 0 heterocycles. The van der Waals surface area contributed by atoms with Gasteiger partial charge < -0.3 is 8.85 Å². The number of hydrogen-bond donors (Lipinski definition) is 0. The average Bonchev–Trinajstić information content (AvgIpc) is 2.62. The Labute approximate surface area is 191 Å². The van der Waals surface area contributed by atoms with Crippen LogP contribution in [-0.4, -0.2) is 34.4 Å². The summed E-state index contributed by atoms with van der Waals surface area (Å²) in [5.74, 6) is 2.38. The number of carbonyl (C=O) groups excluding carboxylic acids is 1. The molecule has 0 N–H and O–H groups in total. The van der Waals surface area contributed by atoms with E-state index >= 15 is 0 Å². The summed E-state index contributed by atoms with van der Waals surface area (Å²) >= 11 is 6.75. The molecule has 0 saturated heterocycles. The Hall–Kier alpha value is -0.106. The second-order valence-electron chi connectivity index (χ2n) is 12.3. The molecule has 3 rings (SSSR count). The largest absolute Gasteiger partial charge is 0.547 e. The SMILES string of the molecule is CC(C)(C)[Si](C)(C)O[C@@H]1CCC(=O)[C@]2(CCl)[C@@H]3CCCCC3=C(O[Si](C)(C)C)C[C@H]12. The molecule has 2 saturated carbocycles. The van der Waals surface area contributed by atoms with Crippen LogP contribution in [0.4, 0.5) is 0 Å². The molecule has 0 aliphatic heterocycles. The number of carbonyl (C=O) groups is 1. The molecule has 0 bridgehead atoms. The molecule has 0 aromatic rings. The maximum atomic E-state index is 13.6. The van der Waals surface area contributed by atoms with Gasteiger partial charge in [0.2, 0.25) is 8.32 Å². The standard InChI is InChI=1S/C24H43ClO3Si2/c1-23(2,3)30(7,8)28-20-13-14-22(26)24(16-25)18-12-10-9-11-17(18)21(15-19(20)24)27-29(4,5)6/h18-20H,9-16H2,1-8H3/t18-,19-,20-,24-/m1/s1. The molecule has 3 nitrogen and oxygen atoms in total. The Kier molecular flexibility index (Phi) is 6.83. The van der Waals surface area contributed by atoms with Gasteiger partial charge in [-0.3, -0.25) is 4.79 Å². The summed E-state index contributed by atoms with van der Waals surface area (Å²) in [4.78, 5) is 13.6. The smallest absolute Gasteiger partial charge is 0.241 e. The molecule has 0 spiro atoms. The predicted octanol–water partition coefficient (Wildman–Crippen LogP) is 7.28. The number of Topliss-reactive ketones (excluding diaryl/α,β-unsaturated/α-hetero) is 1. The molecule has 6 heteroatoms. The van der Waals surface area contributed by atoms with Crippen molar-refractivity contribution in [3.8, 4) is 0 Å². The maximum Gasteiger partial charge on any atom is 0.241 e. The van der Waals surface area contributed by atoms with Crippen LogP contribution in [0.25, 0.3) is 0 Å². The summed E-state index contributed by atoms with van der Waals surface area (Å²) in [6.45, 7) is 18.3. The minimum absolute atomic E-state index is 0.103. The number of alkyl halides is 1. The van der Waals surface area contributed by atoms with Gasteiger partial charge in [-0.2, -0.15) is 0 Å². The molecular weight excluding hydrogens is 428 g/mol. The first kappa shape index (κ1) is 24.5. The molecular formula is C24H43ClO3Si2. The first-order valence-electron chi connectivity index (χ1n) is 11.9. The second kappa shape index (κ2) is 8.35. The lowest BCUT2D eigenvalue weighted by Crippen LogP contribution is -2.60. The Morgan fingerprint density at radius 2 is 1.73 bits per heavy atom. The van der Waals surface area contributed by atoms with Crippen LogP contribution < -0.4 is 0 Å². The number of fused-ring (bicyclic) bond motifs is 3. The normalized spacial score (nSPS) is 33.2. The zero-order valence-corrected chi connectivity index (χ0v) is 23.2. The fraction of sp³-hybridized carbons (Fsp3) is 0.875. The Bertz CT molecular complexity index is 704. The van der Waals surface area contributed by atoms with E-state index in [9.17, 15) is 4.79 Å². The lowest BCUT2D eigenvalue weighted by Gasteiger charge is -2.56. The third-order valence-electron chi connectivity index (χ3n) is 8.18. The van der Waals surface area contributed by atoms with Crippen molar-refractivity contribution in [1.29, 1.82) is 0 Å². The lowest BCUT2D eigenvalue weighted by atomic mass is 9.51. The van der Waals surface area contributed by atoms with E-state index in [0.29, 0.717) is 18.1 Å². The van der Waals surface area contributed by atoms with E-state index in [1.54, 1.807) is 0 Å². The molecule has 0 radical (unpaired) electrons. The third kappa shape index (κ3) is 4.38. The topological polar surface area (TPSA) is 35.5 Å². The highest BCUT2D eigenvalue weighted by atomic mass is 35.5. The van der Waals surface area contributed by atoms with Crippen LogP contribution in [0.5, 0.6) is 0 Å². The molecule has 0 unspecified atom stereocenters. The van der Waals surface area contributed by atoms with Crippen molar-refractivity contribution in [2.24, 2.45) is 17.3 Å². The Morgan fingerprint density at radius 1 is 1.07 bits per heavy atom. The van der Waals surface area contributed by atoms with E-state index in [4.69, 9.17) is 20.5 Å². The Balaban J connectivity index is 2.06. The number of hydrogen-bond acceptors (Lipinski definition) is 3. The van der Waals surface area contributed by atoms with Crippen molar-refractivity contribution in [2.45, 2.75) is 110 Å². The molecule has 3 aliphatic rings. The first-order chi connectivity index (χ1) is 13.7. The number of allylic oxidation sites excluding steroid dienone is 2. The van der Waals surface area contributed by atoms with Crippen molar-refractivity contribution in [1.82, 2.24) is 0 Å². The van der Waals surface area contributed by atoms with Gasteiger partial charge in [-0.25, -0.2) is 0 Å². The maximum absolute atomic E-state index is 13.6. The molecule has 3 aliphatic carbocycles. The van der Waals surface area contributed by atoms with E-state index in [2.05, 4.69) is 53.5 Å². The van der Waals surface area contributed by atoms with Crippen molar-refractivity contribution < 1.29 is 13.6 Å². The second-order valence-corrected chi connectivity index (χ2v) is 21.8. The van der Waals surface area contributed by atoms with Gasteiger partial charge in [0.1, 0.15) is 5.78 Å². The molecule has 172 valence electrons. The van der Waals surface area contributed by atoms with Crippen LogP contribution in [0.15, 0.2) is 11.3 Å². The van der Waals surface area contributed by atoms with Crippen LogP contribution in [0, 0.1) is 17.3 Å². The lowest BCUT2D eigenvalue weighted by molar-refractivity contribution is -0.146. The molecule has 2 fully saturated rings. The van der Waals surface area contributed by atoms with Gasteiger partial charge in [0.15, 0.2) is 8.32 Å². The molecule has 0 amide bonds. The summed E-state index contributed by atoms with van der Waals surface area (Å²) in [7, 11) is -3.69. The molecule has 0 aromatic heterocycles. The zero-order valence-electron chi connectivity index (χ0n) is 20.5. The molecule has 30 heavy (non-hydrogen) atoms. The minimum Gasteiger partial charge on any atom is -0.547 e. The minimum atomic E-state index is -1.95. The van der Waals surface area contributed by atoms with Crippen LogP contribution in [0.2, 0.25) is 37.8 Å². The summed E-state index contributed by atoms with van der Waals surface area (Å²) in [5.41, 5.74) is 0.955. The zero-order chi connectivity index (χ0) is 22.5. The van der Waals surface area contributed by atoms with Crippen LogP contribution in [-0.2, 0) is 13.6 Å². The van der Waals surface area contributed by atoms with E-state index in [1.165, 1.54) is 24.2 Å². The quantitative estimate of drug-likeness (QED) is 0.312. The summed E-state index contributed by atoms with van der Waals surface area (Å²) in [6, 6.07) is 0. The van der Waals surface area contributed by atoms with Gasteiger partial charge in [-0.05, 0) is 74.9 Å². The van der Waals surface area contributed by atoms with Crippen LogP contribution >= 0.6 is 11.6 Å². The van der Waals surface area contributed by atoms with Gasteiger partial charge in [0.25, 0.3) is 0 Å². The van der Waals surface area contributed by atoms with Gasteiger partial charge in [-0.15, -0.1) is 11.6 Å². The number of ketones is 1. The number of halogens is 1. The van der Waals surface area contributed by atoms with Crippen LogP contribution in [0.3, 0.4) is 0 Å². The van der Waals surface area contributed by atoms with E-state index in [0.717, 1.165) is 25.7 Å². The number of rotatable bonds is 5. The van der Waals surface area contributed by atoms with Gasteiger partial charge in [0, 0.05) is 30.7 Å². The van der Waals surface area contributed by atoms with Gasteiger partial charge in [0.05, 0.1) is 11.2 Å². The highest BCUT2D eigenvalue weighted by molar-refractivity contribution is 6.74. The predicted molar refractivity (Wildman–Crippen MR) is 131 cm³/mol. The van der Waals surface area contributed by atoms with Gasteiger partial charge in [-0.1, -0.05) is 27.2 Å². The Morgan fingerprint density at radius 3 is 2.30 bits per heavy atom.